The van der Waals surface area contributed by atoms with Crippen LogP contribution < -0.4 is 0 Å². The third-order valence-electron chi connectivity index (χ3n) is 3.23. The fourth-order valence-electron chi connectivity index (χ4n) is 2.05. The molecule has 0 spiro atoms. The van der Waals surface area contributed by atoms with E-state index in [9.17, 15) is 13.6 Å². The third-order valence-corrected chi connectivity index (χ3v) is 4.30. The van der Waals surface area contributed by atoms with Crippen molar-refractivity contribution < 1.29 is 18.0 Å². The number of halogens is 2. The van der Waals surface area contributed by atoms with Crippen LogP contribution in [0.4, 0.5) is 8.78 Å². The molecule has 0 fully saturated rings. The third kappa shape index (κ3) is 3.51. The van der Waals surface area contributed by atoms with Crippen LogP contribution >= 0.6 is 11.8 Å². The van der Waals surface area contributed by atoms with Crippen molar-refractivity contribution in [3.63, 3.8) is 0 Å². The van der Waals surface area contributed by atoms with E-state index < -0.39 is 22.7 Å². The lowest BCUT2D eigenvalue weighted by Crippen LogP contribution is -2.16. The van der Waals surface area contributed by atoms with Crippen LogP contribution in [0.2, 0.25) is 0 Å². The molecule has 0 aliphatic heterocycles. The van der Waals surface area contributed by atoms with Gasteiger partial charge in [0.05, 0.1) is 17.1 Å². The van der Waals surface area contributed by atoms with Crippen molar-refractivity contribution in [1.29, 1.82) is 0 Å². The number of rotatable bonds is 6. The molecule has 0 radical (unpaired) electrons. The molecule has 6 nitrogen and oxygen atoms in total. The van der Waals surface area contributed by atoms with Crippen LogP contribution in [0, 0.1) is 11.6 Å². The van der Waals surface area contributed by atoms with Gasteiger partial charge >= 0.3 is 0 Å². The van der Waals surface area contributed by atoms with E-state index in [1.165, 1.54) is 10.9 Å². The minimum Gasteiger partial charge on any atom is -0.467 e. The molecule has 0 N–H and O–H groups in total. The van der Waals surface area contributed by atoms with Crippen LogP contribution in [0.1, 0.15) is 23.0 Å². The Morgan fingerprint density at radius 2 is 2.21 bits per heavy atom. The van der Waals surface area contributed by atoms with Gasteiger partial charge in [0.15, 0.2) is 5.78 Å². The van der Waals surface area contributed by atoms with E-state index in [0.29, 0.717) is 23.5 Å². The standard InChI is InChI=1S/C15H12F2N4O2S/c1-9(14(22)12-5-4-10(16)7-13(12)17)24-15-18-19-20-21(15)8-11-3-2-6-23-11/h2-7,9H,8H2,1H3. The van der Waals surface area contributed by atoms with Gasteiger partial charge in [0.2, 0.25) is 5.16 Å². The Hall–Kier alpha value is -2.55. The van der Waals surface area contributed by atoms with Crippen LogP contribution in [0.25, 0.3) is 0 Å². The Balaban J connectivity index is 1.74. The van der Waals surface area contributed by atoms with Crippen LogP contribution in [0.3, 0.4) is 0 Å². The van der Waals surface area contributed by atoms with E-state index in [1.807, 2.05) is 0 Å². The number of tetrazole rings is 1. The van der Waals surface area contributed by atoms with Gasteiger partial charge in [-0.15, -0.1) is 5.10 Å². The predicted octanol–water partition coefficient (Wildman–Crippen LogP) is 2.96. The second-order valence-corrected chi connectivity index (χ2v) is 6.25. The molecule has 0 aliphatic rings. The zero-order valence-corrected chi connectivity index (χ0v) is 13.3. The normalized spacial score (nSPS) is 12.3. The molecule has 1 aromatic carbocycles. The highest BCUT2D eigenvalue weighted by Crippen LogP contribution is 2.25. The number of benzene rings is 1. The second-order valence-electron chi connectivity index (χ2n) is 4.95. The first-order chi connectivity index (χ1) is 11.5. The maximum Gasteiger partial charge on any atom is 0.210 e. The zero-order chi connectivity index (χ0) is 17.1. The fraction of sp³-hybridized carbons (Fsp3) is 0.200. The first-order valence-electron chi connectivity index (χ1n) is 6.99. The molecule has 3 aromatic rings. The molecule has 24 heavy (non-hydrogen) atoms. The summed E-state index contributed by atoms with van der Waals surface area (Å²) in [6, 6.07) is 6.39. The summed E-state index contributed by atoms with van der Waals surface area (Å²) < 4.78 is 33.4. The lowest BCUT2D eigenvalue weighted by atomic mass is 10.1. The molecule has 0 saturated carbocycles. The van der Waals surface area contributed by atoms with Crippen molar-refractivity contribution >= 4 is 17.5 Å². The Bertz CT molecular complexity index is 851. The number of carbonyl (C=O) groups is 1. The van der Waals surface area contributed by atoms with E-state index in [2.05, 4.69) is 15.5 Å². The van der Waals surface area contributed by atoms with Crippen molar-refractivity contribution in [3.8, 4) is 0 Å². The average molecular weight is 350 g/mol. The summed E-state index contributed by atoms with van der Waals surface area (Å²) in [7, 11) is 0. The number of hydrogen-bond acceptors (Lipinski definition) is 6. The molecule has 2 heterocycles. The topological polar surface area (TPSA) is 73.8 Å². The Labute approximate surface area is 139 Å². The van der Waals surface area contributed by atoms with E-state index in [4.69, 9.17) is 4.42 Å². The molecule has 1 atom stereocenters. The van der Waals surface area contributed by atoms with Gasteiger partial charge in [0.25, 0.3) is 0 Å². The summed E-state index contributed by atoms with van der Waals surface area (Å²) in [5.41, 5.74) is -0.165. The average Bonchev–Trinajstić information content (AvgIpc) is 3.20. The highest BCUT2D eigenvalue weighted by Gasteiger charge is 2.23. The van der Waals surface area contributed by atoms with Gasteiger partial charge in [0.1, 0.15) is 23.9 Å². The van der Waals surface area contributed by atoms with Crippen molar-refractivity contribution in [2.75, 3.05) is 0 Å². The van der Waals surface area contributed by atoms with Gasteiger partial charge in [0, 0.05) is 6.07 Å². The fourth-order valence-corrected chi connectivity index (χ4v) is 2.91. The molecule has 1 unspecified atom stereocenters. The van der Waals surface area contributed by atoms with Crippen LogP contribution in [0.15, 0.2) is 46.2 Å². The summed E-state index contributed by atoms with van der Waals surface area (Å²) in [5.74, 6) is -1.42. The first kappa shape index (κ1) is 16.3. The number of ketones is 1. The van der Waals surface area contributed by atoms with Gasteiger partial charge < -0.3 is 4.42 Å². The highest BCUT2D eigenvalue weighted by molar-refractivity contribution is 8.00. The van der Waals surface area contributed by atoms with Gasteiger partial charge in [-0.3, -0.25) is 4.79 Å². The first-order valence-corrected chi connectivity index (χ1v) is 7.87. The molecule has 0 amide bonds. The lowest BCUT2D eigenvalue weighted by molar-refractivity contribution is 0.0990. The SMILES string of the molecule is CC(Sc1nnnn1Cc1ccco1)C(=O)c1ccc(F)cc1F. The summed E-state index contributed by atoms with van der Waals surface area (Å²) in [4.78, 5) is 12.4. The number of furan rings is 1. The van der Waals surface area contributed by atoms with E-state index >= 15 is 0 Å². The van der Waals surface area contributed by atoms with Gasteiger partial charge in [-0.1, -0.05) is 11.8 Å². The molecule has 0 bridgehead atoms. The Kier molecular flexibility index (Phi) is 4.70. The molecule has 2 aromatic heterocycles. The van der Waals surface area contributed by atoms with E-state index in [1.54, 1.807) is 19.1 Å². The number of hydrogen-bond donors (Lipinski definition) is 0. The molecule has 0 saturated heterocycles. The number of thioether (sulfide) groups is 1. The summed E-state index contributed by atoms with van der Waals surface area (Å²) >= 11 is 1.09. The highest BCUT2D eigenvalue weighted by atomic mass is 32.2. The maximum absolute atomic E-state index is 13.7. The number of carbonyl (C=O) groups excluding carboxylic acids is 1. The zero-order valence-electron chi connectivity index (χ0n) is 12.5. The summed E-state index contributed by atoms with van der Waals surface area (Å²) in [5, 5.41) is 11.0. The van der Waals surface area contributed by atoms with Crippen molar-refractivity contribution in [3.05, 3.63) is 59.6 Å². The molecule has 3 rings (SSSR count). The van der Waals surface area contributed by atoms with E-state index in [-0.39, 0.29) is 5.56 Å². The molecule has 9 heteroatoms. The van der Waals surface area contributed by atoms with Crippen molar-refractivity contribution in [2.24, 2.45) is 0 Å². The van der Waals surface area contributed by atoms with Gasteiger partial charge in [-0.2, -0.15) is 0 Å². The smallest absolute Gasteiger partial charge is 0.210 e. The van der Waals surface area contributed by atoms with Crippen LogP contribution in [-0.4, -0.2) is 31.2 Å². The van der Waals surface area contributed by atoms with Crippen molar-refractivity contribution in [2.45, 2.75) is 23.9 Å². The van der Waals surface area contributed by atoms with Crippen LogP contribution in [0.5, 0.6) is 0 Å². The van der Waals surface area contributed by atoms with Crippen molar-refractivity contribution in [1.82, 2.24) is 20.2 Å². The second kappa shape index (κ2) is 6.91. The molecular weight excluding hydrogens is 338 g/mol. The largest absolute Gasteiger partial charge is 0.467 e. The Morgan fingerprint density at radius 1 is 1.38 bits per heavy atom. The Morgan fingerprint density at radius 3 is 2.92 bits per heavy atom. The number of nitrogens with zero attached hydrogens (tertiary/aromatic N) is 4. The lowest BCUT2D eigenvalue weighted by Gasteiger charge is -2.10. The minimum absolute atomic E-state index is 0.165. The number of aromatic nitrogens is 4. The predicted molar refractivity (Wildman–Crippen MR) is 81.6 cm³/mol. The number of Topliss-reactive ketones (excluding diaryl/α,β-unsaturated/α-hetero) is 1. The minimum atomic E-state index is -0.886. The molecular formula is C15H12F2N4O2S. The maximum atomic E-state index is 13.7. The monoisotopic (exact) mass is 350 g/mol. The summed E-state index contributed by atoms with van der Waals surface area (Å²) in [6.45, 7) is 1.93. The van der Waals surface area contributed by atoms with Gasteiger partial charge in [-0.05, 0) is 41.6 Å². The van der Waals surface area contributed by atoms with E-state index in [0.717, 1.165) is 23.9 Å². The molecule has 124 valence electrons. The quantitative estimate of drug-likeness (QED) is 0.503. The van der Waals surface area contributed by atoms with Gasteiger partial charge in [-0.25, -0.2) is 13.5 Å². The molecule has 0 aliphatic carbocycles. The summed E-state index contributed by atoms with van der Waals surface area (Å²) in [6.07, 6.45) is 1.54. The van der Waals surface area contributed by atoms with Crippen LogP contribution in [-0.2, 0) is 6.54 Å².